The van der Waals surface area contributed by atoms with Gasteiger partial charge in [0.05, 0.1) is 10.9 Å². The van der Waals surface area contributed by atoms with Gasteiger partial charge < -0.3 is 4.74 Å². The highest BCUT2D eigenvalue weighted by Crippen LogP contribution is 2.34. The van der Waals surface area contributed by atoms with Crippen molar-refractivity contribution in [2.24, 2.45) is 0 Å². The normalized spacial score (nSPS) is 10.3. The zero-order valence-corrected chi connectivity index (χ0v) is 12.0. The van der Waals surface area contributed by atoms with E-state index >= 15 is 0 Å². The van der Waals surface area contributed by atoms with Gasteiger partial charge in [0.25, 0.3) is 0 Å². The van der Waals surface area contributed by atoms with Crippen molar-refractivity contribution in [2.45, 2.75) is 0 Å². The molecule has 0 aliphatic carbocycles. The Labute approximate surface area is 116 Å². The van der Waals surface area contributed by atoms with Crippen molar-refractivity contribution in [3.63, 3.8) is 0 Å². The summed E-state index contributed by atoms with van der Waals surface area (Å²) >= 11 is 10.5. The highest BCUT2D eigenvalue weighted by atomic mass is 79.9. The smallest absolute Gasteiger partial charge is 0.206 e. The molecule has 0 radical (unpaired) electrons. The molecule has 0 saturated carbocycles. The minimum atomic E-state index is -0.0609. The zero-order valence-electron chi connectivity index (χ0n) is 8.87. The number of hydrogen-bond donors (Lipinski definition) is 0. The van der Waals surface area contributed by atoms with Crippen molar-refractivity contribution >= 4 is 44.7 Å². The number of ether oxygens (including phenoxy) is 1. The SMILES string of the molecule is COc1cc(Br)sc1C(=O)c1ccc(Cl)cc1. The summed E-state index contributed by atoms with van der Waals surface area (Å²) in [7, 11) is 1.55. The van der Waals surface area contributed by atoms with Crippen molar-refractivity contribution in [1.82, 2.24) is 0 Å². The molecule has 0 fully saturated rings. The van der Waals surface area contributed by atoms with E-state index in [1.807, 2.05) is 0 Å². The topological polar surface area (TPSA) is 26.3 Å². The number of benzene rings is 1. The zero-order chi connectivity index (χ0) is 12.4. The lowest BCUT2D eigenvalue weighted by Crippen LogP contribution is -2.00. The minimum absolute atomic E-state index is 0.0609. The van der Waals surface area contributed by atoms with Crippen LogP contribution < -0.4 is 4.74 Å². The molecule has 0 unspecified atom stereocenters. The number of ketones is 1. The molecule has 1 aromatic carbocycles. The predicted molar refractivity (Wildman–Crippen MR) is 73.5 cm³/mol. The molecule has 88 valence electrons. The van der Waals surface area contributed by atoms with Crippen LogP contribution in [0, 0.1) is 0 Å². The van der Waals surface area contributed by atoms with Gasteiger partial charge in [0.15, 0.2) is 0 Å². The quantitative estimate of drug-likeness (QED) is 0.779. The molecule has 0 saturated heterocycles. The maximum atomic E-state index is 12.2. The monoisotopic (exact) mass is 330 g/mol. The Morgan fingerprint density at radius 3 is 2.59 bits per heavy atom. The van der Waals surface area contributed by atoms with Crippen LogP contribution in [0.2, 0.25) is 5.02 Å². The number of carbonyl (C=O) groups excluding carboxylic acids is 1. The highest BCUT2D eigenvalue weighted by molar-refractivity contribution is 9.11. The summed E-state index contributed by atoms with van der Waals surface area (Å²) in [6, 6.07) is 8.59. The molecule has 1 heterocycles. The van der Waals surface area contributed by atoms with Crippen LogP contribution in [0.1, 0.15) is 15.2 Å². The Kier molecular flexibility index (Phi) is 3.86. The van der Waals surface area contributed by atoms with E-state index in [2.05, 4.69) is 15.9 Å². The van der Waals surface area contributed by atoms with E-state index in [4.69, 9.17) is 16.3 Å². The Morgan fingerprint density at radius 2 is 2.00 bits per heavy atom. The fourth-order valence-corrected chi connectivity index (χ4v) is 3.02. The minimum Gasteiger partial charge on any atom is -0.495 e. The lowest BCUT2D eigenvalue weighted by Gasteiger charge is -2.01. The number of carbonyl (C=O) groups is 1. The van der Waals surface area contributed by atoms with E-state index in [1.54, 1.807) is 37.4 Å². The van der Waals surface area contributed by atoms with Gasteiger partial charge >= 0.3 is 0 Å². The van der Waals surface area contributed by atoms with Gasteiger partial charge in [0.1, 0.15) is 10.6 Å². The average molecular weight is 332 g/mol. The molecule has 0 spiro atoms. The summed E-state index contributed by atoms with van der Waals surface area (Å²) < 4.78 is 6.03. The summed E-state index contributed by atoms with van der Waals surface area (Å²) in [5.74, 6) is 0.524. The fourth-order valence-electron chi connectivity index (χ4n) is 1.39. The number of halogens is 2. The highest BCUT2D eigenvalue weighted by Gasteiger charge is 2.17. The molecule has 2 rings (SSSR count). The lowest BCUT2D eigenvalue weighted by atomic mass is 10.1. The van der Waals surface area contributed by atoms with E-state index in [1.165, 1.54) is 11.3 Å². The van der Waals surface area contributed by atoms with Crippen LogP contribution in [0.4, 0.5) is 0 Å². The van der Waals surface area contributed by atoms with E-state index in [-0.39, 0.29) is 5.78 Å². The van der Waals surface area contributed by atoms with Crippen molar-refractivity contribution < 1.29 is 9.53 Å². The predicted octanol–water partition coefficient (Wildman–Crippen LogP) is 4.40. The maximum absolute atomic E-state index is 12.2. The van der Waals surface area contributed by atoms with Gasteiger partial charge in [-0.3, -0.25) is 4.79 Å². The summed E-state index contributed by atoms with van der Waals surface area (Å²) in [4.78, 5) is 12.8. The van der Waals surface area contributed by atoms with Crippen molar-refractivity contribution in [3.8, 4) is 5.75 Å². The fraction of sp³-hybridized carbons (Fsp3) is 0.0833. The molecule has 0 atom stereocenters. The van der Waals surface area contributed by atoms with Crippen LogP contribution in [0.5, 0.6) is 5.75 Å². The molecule has 1 aromatic heterocycles. The van der Waals surface area contributed by atoms with Gasteiger partial charge in [-0.1, -0.05) is 11.6 Å². The third-order valence-corrected chi connectivity index (χ3v) is 4.07. The molecule has 2 nitrogen and oxygen atoms in total. The molecular formula is C12H8BrClO2S. The Hall–Kier alpha value is -0.840. The van der Waals surface area contributed by atoms with Gasteiger partial charge in [-0.25, -0.2) is 0 Å². The average Bonchev–Trinajstić information content (AvgIpc) is 2.70. The molecule has 2 aromatic rings. The van der Waals surface area contributed by atoms with E-state index < -0.39 is 0 Å². The van der Waals surface area contributed by atoms with E-state index in [0.29, 0.717) is 21.2 Å². The first kappa shape index (κ1) is 12.6. The van der Waals surface area contributed by atoms with Gasteiger partial charge in [0.2, 0.25) is 5.78 Å². The third kappa shape index (κ3) is 2.70. The van der Waals surface area contributed by atoms with Gasteiger partial charge in [-0.05, 0) is 40.2 Å². The van der Waals surface area contributed by atoms with Crippen molar-refractivity contribution in [1.29, 1.82) is 0 Å². The first-order valence-electron chi connectivity index (χ1n) is 4.75. The summed E-state index contributed by atoms with van der Waals surface area (Å²) in [5, 5.41) is 0.612. The molecule has 17 heavy (non-hydrogen) atoms. The molecule has 0 bridgehead atoms. The Bertz CT molecular complexity index is 548. The summed E-state index contributed by atoms with van der Waals surface area (Å²) in [6.45, 7) is 0. The van der Waals surface area contributed by atoms with E-state index in [0.717, 1.165) is 3.79 Å². The number of thiophene rings is 1. The largest absolute Gasteiger partial charge is 0.495 e. The second-order valence-corrected chi connectivity index (χ2v) is 6.15. The van der Waals surface area contributed by atoms with Gasteiger partial charge in [-0.15, -0.1) is 11.3 Å². The summed E-state index contributed by atoms with van der Waals surface area (Å²) in [5.41, 5.74) is 0.599. The van der Waals surface area contributed by atoms with Crippen LogP contribution in [-0.2, 0) is 0 Å². The number of methoxy groups -OCH3 is 1. The number of rotatable bonds is 3. The second kappa shape index (κ2) is 5.21. The Balaban J connectivity index is 2.39. The first-order valence-corrected chi connectivity index (χ1v) is 6.74. The van der Waals surface area contributed by atoms with E-state index in [9.17, 15) is 4.79 Å². The van der Waals surface area contributed by atoms with Crippen LogP contribution in [0.15, 0.2) is 34.1 Å². The molecule has 5 heteroatoms. The van der Waals surface area contributed by atoms with Crippen molar-refractivity contribution in [2.75, 3.05) is 7.11 Å². The van der Waals surface area contributed by atoms with Crippen LogP contribution in [-0.4, -0.2) is 12.9 Å². The number of hydrogen-bond acceptors (Lipinski definition) is 3. The molecular weight excluding hydrogens is 324 g/mol. The molecule has 0 aliphatic rings. The van der Waals surface area contributed by atoms with Gasteiger partial charge in [-0.2, -0.15) is 0 Å². The van der Waals surface area contributed by atoms with Crippen LogP contribution in [0.25, 0.3) is 0 Å². The van der Waals surface area contributed by atoms with Crippen molar-refractivity contribution in [3.05, 3.63) is 49.6 Å². The lowest BCUT2D eigenvalue weighted by molar-refractivity contribution is 0.104. The molecule has 0 N–H and O–H groups in total. The Morgan fingerprint density at radius 1 is 1.35 bits per heavy atom. The van der Waals surface area contributed by atoms with Crippen LogP contribution >= 0.6 is 38.9 Å². The molecule has 0 amide bonds. The van der Waals surface area contributed by atoms with Crippen LogP contribution in [0.3, 0.4) is 0 Å². The standard InChI is InChI=1S/C12H8BrClO2S/c1-16-9-6-10(13)17-12(9)11(15)7-2-4-8(14)5-3-7/h2-6H,1H3. The maximum Gasteiger partial charge on any atom is 0.206 e. The summed E-state index contributed by atoms with van der Waals surface area (Å²) in [6.07, 6.45) is 0. The second-order valence-electron chi connectivity index (χ2n) is 3.28. The first-order chi connectivity index (χ1) is 8.11. The van der Waals surface area contributed by atoms with Gasteiger partial charge in [0, 0.05) is 16.7 Å². The molecule has 0 aliphatic heterocycles. The third-order valence-electron chi connectivity index (χ3n) is 2.20.